The number of hydrogen-bond acceptors (Lipinski definition) is 9. The summed E-state index contributed by atoms with van der Waals surface area (Å²) < 4.78 is 49.8. The Morgan fingerprint density at radius 3 is 2.81 bits per heavy atom. The number of nitriles is 1. The van der Waals surface area contributed by atoms with Crippen molar-refractivity contribution >= 4 is 45.1 Å². The number of aromatic hydroxyl groups is 1. The number of alkyl halides is 1. The van der Waals surface area contributed by atoms with Crippen molar-refractivity contribution in [2.75, 3.05) is 44.2 Å². The minimum Gasteiger partial charge on any atom is -0.508 e. The maximum atomic E-state index is 15.2. The van der Waals surface area contributed by atoms with Crippen molar-refractivity contribution in [3.63, 3.8) is 0 Å². The van der Waals surface area contributed by atoms with Gasteiger partial charge >= 0.3 is 6.01 Å². The van der Waals surface area contributed by atoms with Gasteiger partial charge in [0.2, 0.25) is 0 Å². The first-order chi connectivity index (χ1) is 23.1. The molecule has 1 amide bonds. The van der Waals surface area contributed by atoms with Gasteiger partial charge in [-0.05, 0) is 49.0 Å². The van der Waals surface area contributed by atoms with Crippen LogP contribution in [0.5, 0.6) is 11.8 Å². The summed E-state index contributed by atoms with van der Waals surface area (Å²) in [7, 11) is 0. The minimum atomic E-state index is -1.11. The number of pyridine rings is 1. The molecule has 0 spiro atoms. The Bertz CT molecular complexity index is 2010. The number of fused-ring (bicyclic) bond motifs is 3. The van der Waals surface area contributed by atoms with Crippen LogP contribution in [0.1, 0.15) is 25.7 Å². The molecule has 248 valence electrons. The van der Waals surface area contributed by atoms with Crippen LogP contribution in [0.2, 0.25) is 5.02 Å². The summed E-state index contributed by atoms with van der Waals surface area (Å²) >= 11 is 6.83. The molecule has 14 heteroatoms. The number of carbonyl (C=O) groups is 1. The van der Waals surface area contributed by atoms with Gasteiger partial charge in [-0.1, -0.05) is 30.3 Å². The van der Waals surface area contributed by atoms with Crippen LogP contribution in [0.15, 0.2) is 48.8 Å². The minimum absolute atomic E-state index is 0.0266. The fraction of sp³-hybridized carbons (Fsp3) is 0.382. The molecule has 1 N–H and O–H groups in total. The number of benzene rings is 2. The maximum absolute atomic E-state index is 15.2. The highest BCUT2D eigenvalue weighted by atomic mass is 35.5. The van der Waals surface area contributed by atoms with E-state index >= 15 is 4.39 Å². The Kier molecular flexibility index (Phi) is 8.25. The van der Waals surface area contributed by atoms with Crippen molar-refractivity contribution in [3.05, 3.63) is 59.6 Å². The SMILES string of the molecule is C=C(F)C(=O)N1CCN(c2nc(OC[C@@]34CCCN3C[C@H](F)C4)nc3nc(-c4cc(O)cc5cccc(F)c45)c(Cl)cc23)C[C@@H]1CC#N. The average molecular weight is 678 g/mol. The van der Waals surface area contributed by atoms with Gasteiger partial charge in [0, 0.05) is 43.5 Å². The van der Waals surface area contributed by atoms with Gasteiger partial charge in [0.25, 0.3) is 5.91 Å². The van der Waals surface area contributed by atoms with Crippen LogP contribution in [0.4, 0.5) is 19.0 Å². The van der Waals surface area contributed by atoms with Gasteiger partial charge in [-0.25, -0.2) is 18.2 Å². The lowest BCUT2D eigenvalue weighted by atomic mass is 9.95. The van der Waals surface area contributed by atoms with E-state index in [1.54, 1.807) is 12.1 Å². The normalized spacial score (nSPS) is 22.6. The Balaban J connectivity index is 1.34. The van der Waals surface area contributed by atoms with Crippen molar-refractivity contribution in [3.8, 4) is 29.1 Å². The number of nitrogens with zero attached hydrogens (tertiary/aromatic N) is 7. The zero-order valence-electron chi connectivity index (χ0n) is 25.8. The summed E-state index contributed by atoms with van der Waals surface area (Å²) in [6, 6.07) is 10.3. The number of halogens is 4. The van der Waals surface area contributed by atoms with Gasteiger partial charge in [0.05, 0.1) is 40.2 Å². The van der Waals surface area contributed by atoms with E-state index in [-0.39, 0.29) is 71.7 Å². The molecular weight excluding hydrogens is 647 g/mol. The molecule has 3 atom stereocenters. The molecular formula is C34H31ClF3N7O3. The lowest BCUT2D eigenvalue weighted by Gasteiger charge is -2.41. The second-order valence-corrected chi connectivity index (χ2v) is 13.0. The van der Waals surface area contributed by atoms with E-state index in [4.69, 9.17) is 26.3 Å². The smallest absolute Gasteiger partial charge is 0.320 e. The molecule has 2 aromatic carbocycles. The van der Waals surface area contributed by atoms with Crippen LogP contribution in [-0.2, 0) is 4.79 Å². The third-order valence-corrected chi connectivity index (χ3v) is 9.89. The highest BCUT2D eigenvalue weighted by molar-refractivity contribution is 6.34. The zero-order valence-corrected chi connectivity index (χ0v) is 26.6. The number of piperazine rings is 1. The molecule has 48 heavy (non-hydrogen) atoms. The van der Waals surface area contributed by atoms with Crippen LogP contribution in [-0.4, -0.2) is 92.8 Å². The molecule has 4 aromatic rings. The van der Waals surface area contributed by atoms with Crippen LogP contribution in [0.25, 0.3) is 33.1 Å². The lowest BCUT2D eigenvalue weighted by molar-refractivity contribution is -0.131. The highest BCUT2D eigenvalue weighted by Gasteiger charge is 2.49. The van der Waals surface area contributed by atoms with E-state index in [0.717, 1.165) is 19.4 Å². The molecule has 3 saturated heterocycles. The van der Waals surface area contributed by atoms with Crippen LogP contribution in [0.3, 0.4) is 0 Å². The second-order valence-electron chi connectivity index (χ2n) is 12.6. The van der Waals surface area contributed by atoms with Crippen molar-refractivity contribution in [1.29, 1.82) is 5.26 Å². The number of anilines is 1. The van der Waals surface area contributed by atoms with Crippen molar-refractivity contribution in [2.24, 2.45) is 0 Å². The lowest BCUT2D eigenvalue weighted by Crippen LogP contribution is -2.55. The van der Waals surface area contributed by atoms with Gasteiger partial charge in [-0.15, -0.1) is 0 Å². The van der Waals surface area contributed by atoms with Gasteiger partial charge in [-0.3, -0.25) is 9.69 Å². The average Bonchev–Trinajstić information content (AvgIpc) is 3.58. The third kappa shape index (κ3) is 5.62. The quantitative estimate of drug-likeness (QED) is 0.245. The van der Waals surface area contributed by atoms with Gasteiger partial charge < -0.3 is 19.6 Å². The van der Waals surface area contributed by atoms with E-state index in [1.807, 2.05) is 4.90 Å². The summed E-state index contributed by atoms with van der Waals surface area (Å²) in [5.41, 5.74) is 0.102. The molecule has 3 aliphatic rings. The largest absolute Gasteiger partial charge is 0.508 e. The fourth-order valence-corrected chi connectivity index (χ4v) is 7.69. The van der Waals surface area contributed by atoms with E-state index < -0.39 is 35.3 Å². The van der Waals surface area contributed by atoms with Crippen molar-refractivity contribution in [1.82, 2.24) is 24.8 Å². The Hall–Kier alpha value is -4.67. The third-order valence-electron chi connectivity index (χ3n) is 9.60. The maximum Gasteiger partial charge on any atom is 0.320 e. The Morgan fingerprint density at radius 2 is 2.02 bits per heavy atom. The summed E-state index contributed by atoms with van der Waals surface area (Å²) in [6.45, 7) is 4.83. The molecule has 5 heterocycles. The molecule has 7 rings (SSSR count). The molecule has 3 aliphatic heterocycles. The van der Waals surface area contributed by atoms with E-state index in [1.165, 1.54) is 29.2 Å². The van der Waals surface area contributed by atoms with Gasteiger partial charge in [0.1, 0.15) is 30.2 Å². The molecule has 2 aromatic heterocycles. The first-order valence-electron chi connectivity index (χ1n) is 15.7. The predicted molar refractivity (Wildman–Crippen MR) is 174 cm³/mol. The van der Waals surface area contributed by atoms with E-state index in [0.29, 0.717) is 29.6 Å². The number of rotatable bonds is 7. The summed E-state index contributed by atoms with van der Waals surface area (Å²) in [6.07, 6.45) is 1.01. The number of aromatic nitrogens is 3. The number of hydrogen-bond donors (Lipinski definition) is 1. The van der Waals surface area contributed by atoms with Crippen LogP contribution in [0, 0.1) is 17.1 Å². The van der Waals surface area contributed by atoms with E-state index in [9.17, 15) is 23.9 Å². The van der Waals surface area contributed by atoms with Crippen LogP contribution >= 0.6 is 11.6 Å². The zero-order chi connectivity index (χ0) is 33.7. The molecule has 0 bridgehead atoms. The van der Waals surface area contributed by atoms with Crippen molar-refractivity contribution in [2.45, 2.75) is 43.4 Å². The molecule has 10 nitrogen and oxygen atoms in total. The Morgan fingerprint density at radius 1 is 1.19 bits per heavy atom. The van der Waals surface area contributed by atoms with Gasteiger partial charge in [0.15, 0.2) is 11.5 Å². The van der Waals surface area contributed by atoms with Crippen LogP contribution < -0.4 is 9.64 Å². The van der Waals surface area contributed by atoms with E-state index in [2.05, 4.69) is 22.5 Å². The van der Waals surface area contributed by atoms with Gasteiger partial charge in [-0.2, -0.15) is 15.2 Å². The number of phenols is 1. The topological polar surface area (TPSA) is 119 Å². The standard InChI is InChI=1S/C34H31ClF3N7O3/c1-19(36)32(47)45-11-10-43(17-22(45)6-8-39)31-25-14-26(35)29(24-13-23(46)12-20-4-2-5-27(38)28(20)24)40-30(25)41-33(42-31)48-18-34-7-3-9-44(34)16-21(37)15-34/h2,4-5,12-14,21-22,46H,1,3,6-7,9-11,15-18H2/t21-,22+,34+/m1/s1. The Labute approximate surface area is 279 Å². The monoisotopic (exact) mass is 677 g/mol. The fourth-order valence-electron chi connectivity index (χ4n) is 7.44. The second kappa shape index (κ2) is 12.4. The molecule has 3 fully saturated rings. The number of phenolic OH excluding ortho intramolecular Hbond substituents is 1. The first kappa shape index (κ1) is 31.9. The molecule has 0 unspecified atom stereocenters. The first-order valence-corrected chi connectivity index (χ1v) is 16.0. The number of amides is 1. The highest BCUT2D eigenvalue weighted by Crippen LogP contribution is 2.42. The summed E-state index contributed by atoms with van der Waals surface area (Å²) in [5.74, 6) is -2.27. The predicted octanol–water partition coefficient (Wildman–Crippen LogP) is 5.71. The summed E-state index contributed by atoms with van der Waals surface area (Å²) in [5, 5.41) is 21.2. The van der Waals surface area contributed by atoms with Crippen molar-refractivity contribution < 1.29 is 27.8 Å². The molecule has 0 radical (unpaired) electrons. The molecule has 0 aliphatic carbocycles. The summed E-state index contributed by atoms with van der Waals surface area (Å²) in [4.78, 5) is 31.9. The number of carbonyl (C=O) groups excluding carboxylic acids is 1. The number of ether oxygens (including phenoxy) is 1. The molecule has 0 saturated carbocycles.